The van der Waals surface area contributed by atoms with Crippen LogP contribution in [0.5, 0.6) is 0 Å². The van der Waals surface area contributed by atoms with Gasteiger partial charge in [-0.05, 0) is 24.7 Å². The summed E-state index contributed by atoms with van der Waals surface area (Å²) in [7, 11) is 0. The zero-order valence-electron chi connectivity index (χ0n) is 14.0. The van der Waals surface area contributed by atoms with Crippen molar-refractivity contribution < 1.29 is 14.3 Å². The van der Waals surface area contributed by atoms with Gasteiger partial charge in [-0.25, -0.2) is 0 Å². The molecule has 122 valence electrons. The van der Waals surface area contributed by atoms with Crippen LogP contribution < -0.4 is 5.32 Å². The predicted molar refractivity (Wildman–Crippen MR) is 82.8 cm³/mol. The van der Waals surface area contributed by atoms with Crippen LogP contribution in [0.25, 0.3) is 0 Å². The second-order valence-electron chi connectivity index (χ2n) is 6.51. The van der Waals surface area contributed by atoms with Crippen molar-refractivity contribution in [1.82, 2.24) is 10.2 Å². The smallest absolute Gasteiger partial charge is 0.246 e. The Morgan fingerprint density at radius 3 is 2.43 bits per heavy atom. The van der Waals surface area contributed by atoms with E-state index in [1.165, 1.54) is 0 Å². The summed E-state index contributed by atoms with van der Waals surface area (Å²) >= 11 is 0. The Balaban J connectivity index is 2.57. The predicted octanol–water partition coefficient (Wildman–Crippen LogP) is 1.81. The van der Waals surface area contributed by atoms with Crippen LogP contribution in [0.3, 0.4) is 0 Å². The summed E-state index contributed by atoms with van der Waals surface area (Å²) in [5.74, 6) is 0.638. The summed E-state index contributed by atoms with van der Waals surface area (Å²) in [5.41, 5.74) is 0. The SMILES string of the molecule is CCC1C(=O)NC(C(C)C)C(=O)N1CCCOCC(C)C. The highest BCUT2D eigenvalue weighted by Crippen LogP contribution is 2.17. The molecule has 0 bridgehead atoms. The van der Waals surface area contributed by atoms with Gasteiger partial charge in [-0.2, -0.15) is 0 Å². The molecule has 0 spiro atoms. The molecule has 1 N–H and O–H groups in total. The molecule has 1 aliphatic heterocycles. The first-order valence-corrected chi connectivity index (χ1v) is 8.07. The molecule has 1 rings (SSSR count). The van der Waals surface area contributed by atoms with Gasteiger partial charge in [-0.1, -0.05) is 34.6 Å². The maximum Gasteiger partial charge on any atom is 0.246 e. The zero-order valence-corrected chi connectivity index (χ0v) is 14.0. The highest BCUT2D eigenvalue weighted by Gasteiger charge is 2.40. The molecule has 1 fully saturated rings. The van der Waals surface area contributed by atoms with Crippen molar-refractivity contribution in [2.75, 3.05) is 19.8 Å². The first-order chi connectivity index (χ1) is 9.88. The van der Waals surface area contributed by atoms with Crippen molar-refractivity contribution in [1.29, 1.82) is 0 Å². The van der Waals surface area contributed by atoms with Gasteiger partial charge in [0.25, 0.3) is 0 Å². The lowest BCUT2D eigenvalue weighted by atomic mass is 9.97. The average molecular weight is 298 g/mol. The minimum absolute atomic E-state index is 0.0288. The lowest BCUT2D eigenvalue weighted by Gasteiger charge is -2.40. The summed E-state index contributed by atoms with van der Waals surface area (Å²) in [6, 6.07) is -0.727. The molecule has 0 aromatic heterocycles. The van der Waals surface area contributed by atoms with E-state index >= 15 is 0 Å². The fraction of sp³-hybridized carbons (Fsp3) is 0.875. The number of hydrogen-bond acceptors (Lipinski definition) is 3. The Kier molecular flexibility index (Phi) is 7.15. The number of ether oxygens (including phenoxy) is 1. The Bertz CT molecular complexity index is 355. The van der Waals surface area contributed by atoms with Crippen LogP contribution in [0.1, 0.15) is 47.5 Å². The van der Waals surface area contributed by atoms with E-state index in [0.717, 1.165) is 13.0 Å². The fourth-order valence-corrected chi connectivity index (χ4v) is 2.56. The summed E-state index contributed by atoms with van der Waals surface area (Å²) in [6.07, 6.45) is 1.42. The van der Waals surface area contributed by atoms with Crippen LogP contribution in [-0.2, 0) is 14.3 Å². The highest BCUT2D eigenvalue weighted by molar-refractivity contribution is 5.97. The summed E-state index contributed by atoms with van der Waals surface area (Å²) in [4.78, 5) is 26.4. The number of nitrogens with zero attached hydrogens (tertiary/aromatic N) is 1. The minimum Gasteiger partial charge on any atom is -0.381 e. The first-order valence-electron chi connectivity index (χ1n) is 8.07. The molecule has 0 radical (unpaired) electrons. The molecule has 2 amide bonds. The molecule has 0 saturated carbocycles. The van der Waals surface area contributed by atoms with Gasteiger partial charge < -0.3 is 15.0 Å². The lowest BCUT2D eigenvalue weighted by Crippen LogP contribution is -2.64. The van der Waals surface area contributed by atoms with E-state index in [1.807, 2.05) is 20.8 Å². The van der Waals surface area contributed by atoms with E-state index in [4.69, 9.17) is 4.74 Å². The average Bonchev–Trinajstić information content (AvgIpc) is 2.41. The van der Waals surface area contributed by atoms with Crippen molar-refractivity contribution in [2.24, 2.45) is 11.8 Å². The number of carbonyl (C=O) groups is 2. The number of carbonyl (C=O) groups excluding carboxylic acids is 2. The number of rotatable bonds is 8. The third kappa shape index (κ3) is 4.99. The van der Waals surface area contributed by atoms with Crippen LogP contribution in [0.2, 0.25) is 0 Å². The molecule has 1 heterocycles. The summed E-state index contributed by atoms with van der Waals surface area (Å²) in [5, 5.41) is 2.85. The first kappa shape index (κ1) is 18.0. The molecule has 5 nitrogen and oxygen atoms in total. The van der Waals surface area contributed by atoms with E-state index in [9.17, 15) is 9.59 Å². The molecule has 0 aromatic rings. The number of piperazine rings is 1. The van der Waals surface area contributed by atoms with Gasteiger partial charge in [0.05, 0.1) is 0 Å². The quantitative estimate of drug-likeness (QED) is 0.695. The van der Waals surface area contributed by atoms with Crippen LogP contribution >= 0.6 is 0 Å². The third-order valence-electron chi connectivity index (χ3n) is 3.72. The van der Waals surface area contributed by atoms with Gasteiger partial charge in [0.15, 0.2) is 0 Å². The molecule has 0 aliphatic carbocycles. The Labute approximate surface area is 128 Å². The lowest BCUT2D eigenvalue weighted by molar-refractivity contribution is -0.151. The van der Waals surface area contributed by atoms with E-state index < -0.39 is 6.04 Å². The largest absolute Gasteiger partial charge is 0.381 e. The molecule has 1 saturated heterocycles. The van der Waals surface area contributed by atoms with Crippen molar-refractivity contribution in [3.8, 4) is 0 Å². The van der Waals surface area contributed by atoms with Crippen molar-refractivity contribution >= 4 is 11.8 Å². The minimum atomic E-state index is -0.392. The molecule has 21 heavy (non-hydrogen) atoms. The van der Waals surface area contributed by atoms with Crippen LogP contribution in [-0.4, -0.2) is 48.6 Å². The molecule has 5 heteroatoms. The van der Waals surface area contributed by atoms with Gasteiger partial charge in [-0.3, -0.25) is 9.59 Å². The standard InChI is InChI=1S/C16H30N2O3/c1-6-13-15(19)17-14(12(4)5)16(20)18(13)8-7-9-21-10-11(2)3/h11-14H,6-10H2,1-5H3,(H,17,19). The zero-order chi connectivity index (χ0) is 16.0. The fourth-order valence-electron chi connectivity index (χ4n) is 2.56. The van der Waals surface area contributed by atoms with Crippen molar-refractivity contribution in [3.05, 3.63) is 0 Å². The maximum absolute atomic E-state index is 12.5. The van der Waals surface area contributed by atoms with Gasteiger partial charge in [0.1, 0.15) is 12.1 Å². The van der Waals surface area contributed by atoms with E-state index in [0.29, 0.717) is 25.5 Å². The third-order valence-corrected chi connectivity index (χ3v) is 3.72. The molecular weight excluding hydrogens is 268 g/mol. The van der Waals surface area contributed by atoms with Gasteiger partial charge in [0.2, 0.25) is 11.8 Å². The Hall–Kier alpha value is -1.10. The molecule has 0 aromatic carbocycles. The molecule has 2 atom stereocenters. The second kappa shape index (κ2) is 8.37. The van der Waals surface area contributed by atoms with E-state index in [1.54, 1.807) is 4.90 Å². The van der Waals surface area contributed by atoms with Crippen LogP contribution in [0, 0.1) is 11.8 Å². The summed E-state index contributed by atoms with van der Waals surface area (Å²) in [6.45, 7) is 12.0. The van der Waals surface area contributed by atoms with E-state index in [2.05, 4.69) is 19.2 Å². The number of amides is 2. The van der Waals surface area contributed by atoms with Crippen LogP contribution in [0.4, 0.5) is 0 Å². The molecule has 1 aliphatic rings. The Morgan fingerprint density at radius 2 is 1.90 bits per heavy atom. The van der Waals surface area contributed by atoms with Gasteiger partial charge in [0, 0.05) is 19.8 Å². The van der Waals surface area contributed by atoms with Crippen molar-refractivity contribution in [2.45, 2.75) is 59.5 Å². The topological polar surface area (TPSA) is 58.6 Å². The normalized spacial score (nSPS) is 23.1. The van der Waals surface area contributed by atoms with E-state index in [-0.39, 0.29) is 23.8 Å². The highest BCUT2D eigenvalue weighted by atomic mass is 16.5. The van der Waals surface area contributed by atoms with Gasteiger partial charge in [-0.15, -0.1) is 0 Å². The van der Waals surface area contributed by atoms with Crippen LogP contribution in [0.15, 0.2) is 0 Å². The molecule has 2 unspecified atom stereocenters. The second-order valence-corrected chi connectivity index (χ2v) is 6.51. The van der Waals surface area contributed by atoms with Crippen molar-refractivity contribution in [3.63, 3.8) is 0 Å². The number of nitrogens with one attached hydrogen (secondary N) is 1. The van der Waals surface area contributed by atoms with Gasteiger partial charge >= 0.3 is 0 Å². The Morgan fingerprint density at radius 1 is 1.24 bits per heavy atom. The summed E-state index contributed by atoms with van der Waals surface area (Å²) < 4.78 is 5.55. The maximum atomic E-state index is 12.5. The monoisotopic (exact) mass is 298 g/mol. The number of hydrogen-bond donors (Lipinski definition) is 1. The molecular formula is C16H30N2O3.